The number of nitrogens with zero attached hydrogens (tertiary/aromatic N) is 6. The van der Waals surface area contributed by atoms with Crippen molar-refractivity contribution < 1.29 is 4.79 Å². The third-order valence-corrected chi connectivity index (χ3v) is 6.90. The maximum absolute atomic E-state index is 13.2. The highest BCUT2D eigenvalue weighted by atomic mass is 16.2. The summed E-state index contributed by atoms with van der Waals surface area (Å²) in [5.74, 6) is 2.39. The van der Waals surface area contributed by atoms with E-state index in [9.17, 15) is 4.79 Å². The number of H-pyrrole nitrogens is 1. The Morgan fingerprint density at radius 3 is 2.82 bits per heavy atom. The lowest BCUT2D eigenvalue weighted by Crippen LogP contribution is -2.45. The van der Waals surface area contributed by atoms with Gasteiger partial charge in [-0.15, -0.1) is 0 Å². The molecule has 0 spiro atoms. The number of likely N-dealkylation sites (tertiary alicyclic amines) is 1. The van der Waals surface area contributed by atoms with Crippen LogP contribution in [-0.4, -0.2) is 61.6 Å². The second-order valence-corrected chi connectivity index (χ2v) is 9.04. The number of aromatic nitrogens is 5. The molecule has 5 heterocycles. The highest BCUT2D eigenvalue weighted by Crippen LogP contribution is 2.33. The second-order valence-electron chi connectivity index (χ2n) is 9.04. The first-order valence-corrected chi connectivity index (χ1v) is 12.0. The molecule has 1 atom stereocenters. The van der Waals surface area contributed by atoms with Crippen LogP contribution in [0.2, 0.25) is 0 Å². The molecule has 2 aliphatic heterocycles. The first kappa shape index (κ1) is 20.1. The molecule has 0 radical (unpaired) electrons. The van der Waals surface area contributed by atoms with E-state index in [0.29, 0.717) is 11.8 Å². The van der Waals surface area contributed by atoms with E-state index in [1.807, 2.05) is 29.2 Å². The molecule has 9 heteroatoms. The second kappa shape index (κ2) is 8.46. The van der Waals surface area contributed by atoms with Crippen molar-refractivity contribution in [2.24, 2.45) is 0 Å². The van der Waals surface area contributed by atoms with Crippen LogP contribution in [0.15, 0.2) is 30.5 Å². The summed E-state index contributed by atoms with van der Waals surface area (Å²) in [7, 11) is 0. The van der Waals surface area contributed by atoms with Crippen LogP contribution in [0.4, 0.5) is 17.6 Å². The molecule has 2 fully saturated rings. The van der Waals surface area contributed by atoms with Crippen molar-refractivity contribution >= 4 is 23.5 Å². The molecular weight excluding hydrogens is 416 g/mol. The van der Waals surface area contributed by atoms with E-state index in [4.69, 9.17) is 9.97 Å². The first-order chi connectivity index (χ1) is 16.3. The summed E-state index contributed by atoms with van der Waals surface area (Å²) >= 11 is 0. The summed E-state index contributed by atoms with van der Waals surface area (Å²) in [6.07, 6.45) is 8.79. The van der Waals surface area contributed by atoms with Gasteiger partial charge in [0.1, 0.15) is 11.9 Å². The van der Waals surface area contributed by atoms with E-state index in [2.05, 4.69) is 25.4 Å². The lowest BCUT2D eigenvalue weighted by Gasteiger charge is -2.28. The van der Waals surface area contributed by atoms with Crippen LogP contribution in [-0.2, 0) is 17.6 Å². The minimum Gasteiger partial charge on any atom is -0.341 e. The molecule has 3 aromatic heterocycles. The molecule has 0 unspecified atom stereocenters. The van der Waals surface area contributed by atoms with Crippen LogP contribution >= 0.6 is 0 Å². The van der Waals surface area contributed by atoms with E-state index >= 15 is 0 Å². The maximum Gasteiger partial charge on any atom is 0.245 e. The van der Waals surface area contributed by atoms with E-state index in [1.165, 1.54) is 0 Å². The van der Waals surface area contributed by atoms with Crippen molar-refractivity contribution in [3.05, 3.63) is 41.7 Å². The Bertz CT molecular complexity index is 1150. The van der Waals surface area contributed by atoms with Crippen molar-refractivity contribution in [1.29, 1.82) is 0 Å². The highest BCUT2D eigenvalue weighted by molar-refractivity contribution is 5.85. The van der Waals surface area contributed by atoms with Gasteiger partial charge in [-0.2, -0.15) is 10.1 Å². The number of anilines is 3. The van der Waals surface area contributed by atoms with Crippen molar-refractivity contribution in [3.63, 3.8) is 0 Å². The zero-order chi connectivity index (χ0) is 22.2. The van der Waals surface area contributed by atoms with Crippen LogP contribution < -0.4 is 10.2 Å². The third kappa shape index (κ3) is 3.81. The van der Waals surface area contributed by atoms with Crippen molar-refractivity contribution in [2.75, 3.05) is 29.9 Å². The number of pyridine rings is 1. The number of fused-ring (bicyclic) bond motifs is 1. The number of carbonyl (C=O) groups excluding carboxylic acids is 1. The summed E-state index contributed by atoms with van der Waals surface area (Å²) in [6.45, 7) is 2.56. The Hall–Kier alpha value is -3.49. The van der Waals surface area contributed by atoms with Gasteiger partial charge in [0.25, 0.3) is 0 Å². The van der Waals surface area contributed by atoms with Gasteiger partial charge in [-0.05, 0) is 57.1 Å². The van der Waals surface area contributed by atoms with E-state index in [1.54, 1.807) is 6.20 Å². The predicted octanol–water partition coefficient (Wildman–Crippen LogP) is 3.09. The van der Waals surface area contributed by atoms with Gasteiger partial charge in [0, 0.05) is 37.5 Å². The summed E-state index contributed by atoms with van der Waals surface area (Å²) < 4.78 is 0. The molecule has 6 rings (SSSR count). The first-order valence-electron chi connectivity index (χ1n) is 12.0. The number of rotatable bonds is 5. The van der Waals surface area contributed by atoms with Gasteiger partial charge in [-0.3, -0.25) is 14.9 Å². The van der Waals surface area contributed by atoms with Crippen LogP contribution in [0.5, 0.6) is 0 Å². The standard InChI is InChI=1S/C24H28N8O/c33-23(31-12-3-4-13-31)20-10-6-14-32(20)24-26-17-9-5-7-16(17)22(28-24)27-21-15-19(29-30-21)18-8-1-2-11-25-18/h1-2,8,11,15,20H,3-7,9-10,12-14H2,(H2,26,27,28,29,30)/t20-/m1/s1. The number of amides is 1. The summed E-state index contributed by atoms with van der Waals surface area (Å²) in [5, 5.41) is 10.9. The number of aryl methyl sites for hydroxylation is 1. The number of carbonyl (C=O) groups is 1. The van der Waals surface area contributed by atoms with Crippen molar-refractivity contribution in [3.8, 4) is 11.4 Å². The monoisotopic (exact) mass is 444 g/mol. The summed E-state index contributed by atoms with van der Waals surface area (Å²) in [5.41, 5.74) is 3.93. The Balaban J connectivity index is 1.29. The van der Waals surface area contributed by atoms with E-state index in [0.717, 1.165) is 93.0 Å². The molecular formula is C24H28N8O. The molecule has 0 aromatic carbocycles. The minimum atomic E-state index is -0.156. The minimum absolute atomic E-state index is 0.156. The lowest BCUT2D eigenvalue weighted by atomic mass is 10.2. The summed E-state index contributed by atoms with van der Waals surface area (Å²) in [6, 6.07) is 7.58. The number of aromatic amines is 1. The zero-order valence-corrected chi connectivity index (χ0v) is 18.6. The predicted molar refractivity (Wildman–Crippen MR) is 125 cm³/mol. The number of hydrogen-bond acceptors (Lipinski definition) is 7. The van der Waals surface area contributed by atoms with Gasteiger partial charge < -0.3 is 15.1 Å². The van der Waals surface area contributed by atoms with Gasteiger partial charge in [0.15, 0.2) is 5.82 Å². The highest BCUT2D eigenvalue weighted by Gasteiger charge is 2.37. The van der Waals surface area contributed by atoms with Gasteiger partial charge in [-0.25, -0.2) is 4.98 Å². The number of nitrogens with one attached hydrogen (secondary N) is 2. The van der Waals surface area contributed by atoms with Gasteiger partial charge in [-0.1, -0.05) is 6.07 Å². The van der Waals surface area contributed by atoms with Crippen LogP contribution in [0.25, 0.3) is 11.4 Å². The number of hydrogen-bond donors (Lipinski definition) is 2. The van der Waals surface area contributed by atoms with Crippen molar-refractivity contribution in [2.45, 2.75) is 51.0 Å². The molecule has 0 bridgehead atoms. The summed E-state index contributed by atoms with van der Waals surface area (Å²) in [4.78, 5) is 31.5. The largest absolute Gasteiger partial charge is 0.341 e. The smallest absolute Gasteiger partial charge is 0.245 e. The van der Waals surface area contributed by atoms with Crippen molar-refractivity contribution in [1.82, 2.24) is 30.0 Å². The van der Waals surface area contributed by atoms with E-state index < -0.39 is 0 Å². The molecule has 1 aliphatic carbocycles. The maximum atomic E-state index is 13.2. The quantitative estimate of drug-likeness (QED) is 0.623. The zero-order valence-electron chi connectivity index (χ0n) is 18.6. The Kier molecular flexibility index (Phi) is 5.16. The average molecular weight is 445 g/mol. The molecule has 1 amide bonds. The Morgan fingerprint density at radius 1 is 1.06 bits per heavy atom. The molecule has 2 N–H and O–H groups in total. The average Bonchev–Trinajstić information content (AvgIpc) is 3.65. The molecule has 3 aliphatic rings. The third-order valence-electron chi connectivity index (χ3n) is 6.90. The molecule has 3 aromatic rings. The molecule has 9 nitrogen and oxygen atoms in total. The molecule has 2 saturated heterocycles. The van der Waals surface area contributed by atoms with E-state index in [-0.39, 0.29) is 11.9 Å². The molecule has 33 heavy (non-hydrogen) atoms. The SMILES string of the molecule is O=C([C@H]1CCCN1c1nc2c(c(Nc3cc(-c4ccccn4)[nH]n3)n1)CCC2)N1CCCC1. The Morgan fingerprint density at radius 2 is 1.97 bits per heavy atom. The van der Waals surface area contributed by atoms with Crippen LogP contribution in [0.3, 0.4) is 0 Å². The fourth-order valence-corrected chi connectivity index (χ4v) is 5.22. The van der Waals surface area contributed by atoms with Gasteiger partial charge >= 0.3 is 0 Å². The topological polar surface area (TPSA) is 103 Å². The normalized spacial score (nSPS) is 19.8. The Labute approximate surface area is 192 Å². The van der Waals surface area contributed by atoms with Crippen LogP contribution in [0.1, 0.15) is 43.4 Å². The van der Waals surface area contributed by atoms with Gasteiger partial charge in [0.2, 0.25) is 11.9 Å². The molecule has 170 valence electrons. The molecule has 0 saturated carbocycles. The lowest BCUT2D eigenvalue weighted by molar-refractivity contribution is -0.131. The van der Waals surface area contributed by atoms with Crippen LogP contribution in [0, 0.1) is 0 Å². The van der Waals surface area contributed by atoms with Gasteiger partial charge in [0.05, 0.1) is 17.1 Å². The fraction of sp³-hybridized carbons (Fsp3) is 0.458. The fourth-order valence-electron chi connectivity index (χ4n) is 5.22.